The van der Waals surface area contributed by atoms with Crippen molar-refractivity contribution in [1.82, 2.24) is 0 Å². The van der Waals surface area contributed by atoms with E-state index in [0.29, 0.717) is 0 Å². The Kier molecular flexibility index (Phi) is 1.15. The molecule has 1 aliphatic heterocycles. The van der Waals surface area contributed by atoms with Crippen LogP contribution in [0.4, 0.5) is 0 Å². The van der Waals surface area contributed by atoms with Crippen molar-refractivity contribution < 1.29 is 0 Å². The minimum absolute atomic E-state index is 0.0938. The van der Waals surface area contributed by atoms with E-state index in [-0.39, 0.29) is 5.41 Å². The molecule has 0 aromatic carbocycles. The Hall–Kier alpha value is -1.63. The van der Waals surface area contributed by atoms with Crippen LogP contribution in [-0.2, 0) is 0 Å². The highest BCUT2D eigenvalue weighted by molar-refractivity contribution is 6.08. The van der Waals surface area contributed by atoms with Crippen LogP contribution in [0.3, 0.4) is 0 Å². The van der Waals surface area contributed by atoms with Crippen molar-refractivity contribution in [3.05, 3.63) is 60.4 Å². The fourth-order valence-corrected chi connectivity index (χ4v) is 1.92. The summed E-state index contributed by atoms with van der Waals surface area (Å²) in [5, 5.41) is 0. The number of allylic oxidation sites excluding steroid dienone is 9. The molecule has 0 amide bonds. The summed E-state index contributed by atoms with van der Waals surface area (Å²) in [4.78, 5) is 4.39. The molecule has 1 spiro atoms. The molecule has 1 heteroatoms. The maximum Gasteiger partial charge on any atom is 0.0762 e. The number of rotatable bonds is 0. The van der Waals surface area contributed by atoms with E-state index in [1.54, 1.807) is 0 Å². The highest BCUT2D eigenvalue weighted by atomic mass is 14.8. The van der Waals surface area contributed by atoms with Crippen LogP contribution in [0.2, 0.25) is 0 Å². The molecular weight excluding hydrogens is 158 g/mol. The summed E-state index contributed by atoms with van der Waals surface area (Å²) >= 11 is 0. The van der Waals surface area contributed by atoms with Crippen molar-refractivity contribution >= 4 is 5.71 Å². The number of aliphatic imine (C=N–C) groups is 1. The van der Waals surface area contributed by atoms with Gasteiger partial charge in [-0.3, -0.25) is 4.99 Å². The Labute approximate surface area is 77.2 Å². The Morgan fingerprint density at radius 2 is 2.23 bits per heavy atom. The Morgan fingerprint density at radius 1 is 1.23 bits per heavy atom. The van der Waals surface area contributed by atoms with Gasteiger partial charge in [-0.1, -0.05) is 36.5 Å². The molecule has 2 aliphatic carbocycles. The monoisotopic (exact) mass is 166 g/mol. The van der Waals surface area contributed by atoms with Gasteiger partial charge in [-0.15, -0.1) is 0 Å². The lowest BCUT2D eigenvalue weighted by molar-refractivity contribution is 0.841. The van der Waals surface area contributed by atoms with Crippen molar-refractivity contribution in [2.24, 2.45) is 10.4 Å². The van der Waals surface area contributed by atoms with Crippen molar-refractivity contribution in [2.45, 2.75) is 0 Å². The molecule has 61 valence electrons. The van der Waals surface area contributed by atoms with Gasteiger partial charge in [0, 0.05) is 6.20 Å². The third-order valence-electron chi connectivity index (χ3n) is 2.64. The first-order valence-electron chi connectivity index (χ1n) is 4.34. The van der Waals surface area contributed by atoms with E-state index in [4.69, 9.17) is 0 Å². The van der Waals surface area contributed by atoms with Gasteiger partial charge in [0.15, 0.2) is 0 Å². The van der Waals surface area contributed by atoms with Crippen molar-refractivity contribution in [2.75, 3.05) is 0 Å². The van der Waals surface area contributed by atoms with Crippen LogP contribution < -0.4 is 0 Å². The topological polar surface area (TPSA) is 12.4 Å². The highest BCUT2D eigenvalue weighted by Crippen LogP contribution is 2.41. The molecule has 0 saturated heterocycles. The van der Waals surface area contributed by atoms with E-state index >= 15 is 0 Å². The minimum Gasteiger partial charge on any atom is -0.259 e. The van der Waals surface area contributed by atoms with E-state index in [2.05, 4.69) is 35.4 Å². The molecule has 0 aromatic rings. The van der Waals surface area contributed by atoms with Crippen LogP contribution in [0.25, 0.3) is 0 Å². The largest absolute Gasteiger partial charge is 0.259 e. The first-order valence-corrected chi connectivity index (χ1v) is 4.34. The summed E-state index contributed by atoms with van der Waals surface area (Å²) in [6.45, 7) is 0. The predicted molar refractivity (Wildman–Crippen MR) is 53.2 cm³/mol. The third kappa shape index (κ3) is 0.738. The summed E-state index contributed by atoms with van der Waals surface area (Å²) in [5.74, 6) is 0. The lowest BCUT2D eigenvalue weighted by atomic mass is 9.73. The predicted octanol–water partition coefficient (Wildman–Crippen LogP) is 2.37. The molecule has 1 unspecified atom stereocenters. The van der Waals surface area contributed by atoms with E-state index in [1.165, 1.54) is 5.57 Å². The quantitative estimate of drug-likeness (QED) is 0.524. The molecule has 0 fully saturated rings. The van der Waals surface area contributed by atoms with Crippen LogP contribution >= 0.6 is 0 Å². The Balaban J connectivity index is 2.23. The molecule has 0 aromatic heterocycles. The van der Waals surface area contributed by atoms with Gasteiger partial charge in [-0.05, 0) is 17.7 Å². The highest BCUT2D eigenvalue weighted by Gasteiger charge is 2.37. The summed E-state index contributed by atoms with van der Waals surface area (Å²) in [6.07, 6.45) is 19.5. The molecule has 0 saturated carbocycles. The van der Waals surface area contributed by atoms with Crippen LogP contribution in [0, 0.1) is 11.5 Å². The van der Waals surface area contributed by atoms with Gasteiger partial charge in [-0.25, -0.2) is 0 Å². The van der Waals surface area contributed by atoms with Crippen molar-refractivity contribution in [3.63, 3.8) is 0 Å². The van der Waals surface area contributed by atoms with Crippen LogP contribution in [0.1, 0.15) is 0 Å². The third-order valence-corrected chi connectivity index (χ3v) is 2.64. The second kappa shape index (κ2) is 2.19. The van der Waals surface area contributed by atoms with Crippen LogP contribution in [0.5, 0.6) is 0 Å². The standard InChI is InChI=1S/C12H8N/c1-3-7-12-8-4-2-6-11(12)13-9-10(12)5-1/h1-3,5-9H. The number of nitrogens with zero attached hydrogens (tertiary/aromatic N) is 1. The molecule has 1 nitrogen and oxygen atoms in total. The van der Waals surface area contributed by atoms with Gasteiger partial charge in [0.1, 0.15) is 0 Å². The first kappa shape index (κ1) is 6.84. The minimum atomic E-state index is -0.0938. The van der Waals surface area contributed by atoms with E-state index in [0.717, 1.165) is 5.71 Å². The maximum atomic E-state index is 4.39. The lowest BCUT2D eigenvalue weighted by Crippen LogP contribution is -2.26. The second-order valence-electron chi connectivity index (χ2n) is 3.33. The Bertz CT molecular complexity index is 386. The Morgan fingerprint density at radius 3 is 3.23 bits per heavy atom. The van der Waals surface area contributed by atoms with Crippen LogP contribution in [-0.4, -0.2) is 5.71 Å². The first-order chi connectivity index (χ1) is 6.42. The molecule has 0 N–H and O–H groups in total. The average Bonchev–Trinajstić information content (AvgIpc) is 2.56. The van der Waals surface area contributed by atoms with E-state index < -0.39 is 0 Å². The zero-order valence-corrected chi connectivity index (χ0v) is 7.07. The molecule has 1 heterocycles. The smallest absolute Gasteiger partial charge is 0.0762 e. The van der Waals surface area contributed by atoms with Gasteiger partial charge in [-0.2, -0.15) is 0 Å². The van der Waals surface area contributed by atoms with Gasteiger partial charge in [0.2, 0.25) is 0 Å². The van der Waals surface area contributed by atoms with Gasteiger partial charge in [0.05, 0.1) is 11.1 Å². The molecular formula is C12H8N. The molecule has 1 radical (unpaired) electrons. The fourth-order valence-electron chi connectivity index (χ4n) is 1.92. The van der Waals surface area contributed by atoms with Crippen molar-refractivity contribution in [3.8, 4) is 0 Å². The summed E-state index contributed by atoms with van der Waals surface area (Å²) in [7, 11) is 0. The van der Waals surface area contributed by atoms with Crippen molar-refractivity contribution in [1.29, 1.82) is 0 Å². The van der Waals surface area contributed by atoms with Gasteiger partial charge in [0.25, 0.3) is 0 Å². The zero-order chi connectivity index (χ0) is 8.73. The zero-order valence-electron chi connectivity index (χ0n) is 7.07. The van der Waals surface area contributed by atoms with Gasteiger partial charge >= 0.3 is 0 Å². The van der Waals surface area contributed by atoms with E-state index in [1.807, 2.05) is 24.4 Å². The number of hydrogen-bond donors (Lipinski definition) is 0. The fraction of sp³-hybridized carbons (Fsp3) is 0.0833. The summed E-state index contributed by atoms with van der Waals surface area (Å²) in [5.41, 5.74) is 2.24. The normalized spacial score (nSPS) is 32.6. The lowest BCUT2D eigenvalue weighted by Gasteiger charge is -2.27. The second-order valence-corrected chi connectivity index (χ2v) is 3.33. The molecule has 13 heavy (non-hydrogen) atoms. The summed E-state index contributed by atoms with van der Waals surface area (Å²) < 4.78 is 0. The molecule has 3 rings (SSSR count). The SMILES string of the molecule is [C]1=CC23C=CC=CC2=CN=C3C=C1. The number of hydrogen-bond acceptors (Lipinski definition) is 1. The molecule has 0 bridgehead atoms. The summed E-state index contributed by atoms with van der Waals surface area (Å²) in [6, 6.07) is 0. The molecule has 1 atom stereocenters. The molecule has 3 aliphatic rings. The van der Waals surface area contributed by atoms with E-state index in [9.17, 15) is 0 Å². The average molecular weight is 166 g/mol. The van der Waals surface area contributed by atoms with Gasteiger partial charge < -0.3 is 0 Å². The maximum absolute atomic E-state index is 4.39. The van der Waals surface area contributed by atoms with Crippen LogP contribution in [0.15, 0.2) is 59.3 Å².